The van der Waals surface area contributed by atoms with Gasteiger partial charge in [0.2, 0.25) is 15.9 Å². The third-order valence-electron chi connectivity index (χ3n) is 3.96. The quantitative estimate of drug-likeness (QED) is 0.721. The third-order valence-corrected chi connectivity index (χ3v) is 5.08. The summed E-state index contributed by atoms with van der Waals surface area (Å²) < 4.78 is 41.3. The van der Waals surface area contributed by atoms with Crippen molar-refractivity contribution in [3.05, 3.63) is 42.0 Å². The van der Waals surface area contributed by atoms with Gasteiger partial charge in [-0.3, -0.25) is 9.10 Å². The number of hydrogen-bond donors (Lipinski definition) is 1. The monoisotopic (exact) mass is 408 g/mol. The lowest BCUT2D eigenvalue weighted by Crippen LogP contribution is -2.37. The number of carbonyl (C=O) groups excluding carboxylic acids is 1. The number of amides is 1. The fraction of sp³-hybridized carbons (Fsp3) is 0.316. The summed E-state index contributed by atoms with van der Waals surface area (Å²) in [6.07, 6.45) is 1.04. The zero-order valence-corrected chi connectivity index (χ0v) is 17.3. The maximum atomic E-state index is 12.6. The van der Waals surface area contributed by atoms with Crippen molar-refractivity contribution < 1.29 is 27.4 Å². The molecule has 0 fully saturated rings. The number of sulfonamides is 1. The minimum absolute atomic E-state index is 0.299. The van der Waals surface area contributed by atoms with E-state index in [1.54, 1.807) is 36.4 Å². The molecule has 152 valence electrons. The number of anilines is 2. The van der Waals surface area contributed by atoms with Crippen molar-refractivity contribution in [2.24, 2.45) is 0 Å². The van der Waals surface area contributed by atoms with Crippen LogP contribution in [0.3, 0.4) is 0 Å². The number of ether oxygens (including phenoxy) is 3. The van der Waals surface area contributed by atoms with Crippen molar-refractivity contribution >= 4 is 27.3 Å². The lowest BCUT2D eigenvalue weighted by atomic mass is 10.2. The van der Waals surface area contributed by atoms with Crippen molar-refractivity contribution in [3.63, 3.8) is 0 Å². The lowest BCUT2D eigenvalue weighted by Gasteiger charge is -2.24. The first-order chi connectivity index (χ1) is 13.2. The van der Waals surface area contributed by atoms with Gasteiger partial charge in [-0.25, -0.2) is 8.42 Å². The number of nitrogens with zero attached hydrogens (tertiary/aromatic N) is 1. The summed E-state index contributed by atoms with van der Waals surface area (Å²) in [6, 6.07) is 9.99. The second-order valence-electron chi connectivity index (χ2n) is 6.06. The van der Waals surface area contributed by atoms with E-state index in [1.807, 2.05) is 6.92 Å². The van der Waals surface area contributed by atoms with Crippen LogP contribution in [0.15, 0.2) is 36.4 Å². The van der Waals surface area contributed by atoms with Gasteiger partial charge in [0.05, 0.1) is 33.3 Å². The first-order valence-electron chi connectivity index (χ1n) is 8.33. The molecule has 0 bridgehead atoms. The summed E-state index contributed by atoms with van der Waals surface area (Å²) in [5.74, 6) is 0.805. The zero-order chi connectivity index (χ0) is 20.9. The van der Waals surface area contributed by atoms with E-state index in [4.69, 9.17) is 14.2 Å². The van der Waals surface area contributed by atoms with Gasteiger partial charge < -0.3 is 19.5 Å². The Morgan fingerprint density at radius 2 is 1.57 bits per heavy atom. The van der Waals surface area contributed by atoms with Gasteiger partial charge in [-0.05, 0) is 36.8 Å². The molecule has 0 unspecified atom stereocenters. The molecule has 8 nitrogen and oxygen atoms in total. The molecule has 0 aliphatic heterocycles. The Morgan fingerprint density at radius 1 is 0.964 bits per heavy atom. The van der Waals surface area contributed by atoms with Crippen LogP contribution >= 0.6 is 0 Å². The average molecular weight is 408 g/mol. The number of carbonyl (C=O) groups is 1. The van der Waals surface area contributed by atoms with Crippen LogP contribution in [0.5, 0.6) is 17.2 Å². The summed E-state index contributed by atoms with van der Waals surface area (Å²) in [5, 5.41) is 2.67. The molecule has 1 amide bonds. The summed E-state index contributed by atoms with van der Waals surface area (Å²) in [7, 11) is 0.707. The van der Waals surface area contributed by atoms with Crippen molar-refractivity contribution in [2.75, 3.05) is 43.8 Å². The highest BCUT2D eigenvalue weighted by atomic mass is 32.2. The zero-order valence-electron chi connectivity index (χ0n) is 16.5. The number of nitrogens with one attached hydrogen (secondary N) is 1. The van der Waals surface area contributed by atoms with Gasteiger partial charge in [0.15, 0.2) is 11.5 Å². The Kier molecular flexibility index (Phi) is 6.74. The Balaban J connectivity index is 2.29. The highest BCUT2D eigenvalue weighted by molar-refractivity contribution is 7.92. The lowest BCUT2D eigenvalue weighted by molar-refractivity contribution is -0.114. The molecular formula is C19H24N2O6S. The fourth-order valence-corrected chi connectivity index (χ4v) is 3.47. The fourth-order valence-electron chi connectivity index (χ4n) is 2.62. The maximum Gasteiger partial charge on any atom is 0.245 e. The van der Waals surface area contributed by atoms with Gasteiger partial charge >= 0.3 is 0 Å². The summed E-state index contributed by atoms with van der Waals surface area (Å²) in [4.78, 5) is 12.6. The summed E-state index contributed by atoms with van der Waals surface area (Å²) >= 11 is 0. The van der Waals surface area contributed by atoms with Gasteiger partial charge in [0.25, 0.3) is 0 Å². The molecule has 0 aromatic heterocycles. The Hall–Kier alpha value is -2.94. The van der Waals surface area contributed by atoms with E-state index in [0.29, 0.717) is 28.6 Å². The molecule has 0 spiro atoms. The first kappa shape index (κ1) is 21.4. The molecule has 2 rings (SSSR count). The molecule has 0 aliphatic rings. The van der Waals surface area contributed by atoms with Crippen LogP contribution in [0.1, 0.15) is 5.56 Å². The van der Waals surface area contributed by atoms with E-state index in [-0.39, 0.29) is 0 Å². The molecule has 0 aliphatic carbocycles. The highest BCUT2D eigenvalue weighted by Crippen LogP contribution is 2.32. The number of methoxy groups -OCH3 is 3. The maximum absolute atomic E-state index is 12.6. The molecule has 2 aromatic carbocycles. The second kappa shape index (κ2) is 8.83. The predicted molar refractivity (Wildman–Crippen MR) is 108 cm³/mol. The predicted octanol–water partition coefficient (Wildman–Crippen LogP) is 2.43. The Labute approximate surface area is 165 Å². The molecule has 0 saturated heterocycles. The molecular weight excluding hydrogens is 384 g/mol. The van der Waals surface area contributed by atoms with E-state index in [0.717, 1.165) is 16.1 Å². The van der Waals surface area contributed by atoms with E-state index < -0.39 is 22.5 Å². The smallest absolute Gasteiger partial charge is 0.245 e. The van der Waals surface area contributed by atoms with E-state index in [2.05, 4.69) is 5.32 Å². The molecule has 2 aromatic rings. The molecule has 9 heteroatoms. The van der Waals surface area contributed by atoms with Crippen LogP contribution in [0.4, 0.5) is 11.4 Å². The minimum Gasteiger partial charge on any atom is -0.495 e. The van der Waals surface area contributed by atoms with Crippen molar-refractivity contribution in [2.45, 2.75) is 6.92 Å². The molecule has 0 saturated carbocycles. The molecule has 0 heterocycles. The minimum atomic E-state index is -3.73. The molecule has 28 heavy (non-hydrogen) atoms. The largest absolute Gasteiger partial charge is 0.495 e. The SMILES string of the molecule is COc1ccc(NC(=O)CN(c2cc(C)ccc2OC)S(C)(=O)=O)cc1OC. The van der Waals surface area contributed by atoms with Gasteiger partial charge in [-0.15, -0.1) is 0 Å². The van der Waals surface area contributed by atoms with E-state index >= 15 is 0 Å². The number of benzene rings is 2. The molecule has 0 radical (unpaired) electrons. The highest BCUT2D eigenvalue weighted by Gasteiger charge is 2.24. The normalized spacial score (nSPS) is 10.9. The van der Waals surface area contributed by atoms with Crippen molar-refractivity contribution in [3.8, 4) is 17.2 Å². The topological polar surface area (TPSA) is 94.2 Å². The van der Waals surface area contributed by atoms with Crippen LogP contribution in [-0.2, 0) is 14.8 Å². The van der Waals surface area contributed by atoms with Crippen LogP contribution in [0, 0.1) is 6.92 Å². The van der Waals surface area contributed by atoms with Crippen molar-refractivity contribution in [1.82, 2.24) is 0 Å². The molecule has 1 N–H and O–H groups in total. The van der Waals surface area contributed by atoms with E-state index in [9.17, 15) is 13.2 Å². The number of aryl methyl sites for hydroxylation is 1. The van der Waals surface area contributed by atoms with E-state index in [1.165, 1.54) is 21.3 Å². The Bertz CT molecular complexity index is 959. The third kappa shape index (κ3) is 5.07. The van der Waals surface area contributed by atoms with Gasteiger partial charge in [-0.1, -0.05) is 6.07 Å². The van der Waals surface area contributed by atoms with Gasteiger partial charge in [0.1, 0.15) is 12.3 Å². The first-order valence-corrected chi connectivity index (χ1v) is 10.2. The molecule has 0 atom stereocenters. The second-order valence-corrected chi connectivity index (χ2v) is 7.97. The van der Waals surface area contributed by atoms with Crippen LogP contribution in [0.25, 0.3) is 0 Å². The van der Waals surface area contributed by atoms with Crippen molar-refractivity contribution in [1.29, 1.82) is 0 Å². The number of hydrogen-bond acceptors (Lipinski definition) is 6. The standard InChI is InChI=1S/C19H24N2O6S/c1-13-6-8-16(25-2)15(10-13)21(28(5,23)24)12-19(22)20-14-7-9-17(26-3)18(11-14)27-4/h6-11H,12H2,1-5H3,(H,20,22). The summed E-state index contributed by atoms with van der Waals surface area (Å²) in [5.41, 5.74) is 1.59. The Morgan fingerprint density at radius 3 is 2.14 bits per heavy atom. The average Bonchev–Trinajstić information content (AvgIpc) is 2.65. The van der Waals surface area contributed by atoms with Crippen LogP contribution in [0.2, 0.25) is 0 Å². The number of rotatable bonds is 8. The van der Waals surface area contributed by atoms with Gasteiger partial charge in [0, 0.05) is 11.8 Å². The summed E-state index contributed by atoms with van der Waals surface area (Å²) in [6.45, 7) is 1.42. The van der Waals surface area contributed by atoms with Crippen LogP contribution in [-0.4, -0.2) is 48.5 Å². The van der Waals surface area contributed by atoms with Gasteiger partial charge in [-0.2, -0.15) is 0 Å². The van der Waals surface area contributed by atoms with Crippen LogP contribution < -0.4 is 23.8 Å².